The third-order valence-corrected chi connectivity index (χ3v) is 3.55. The predicted octanol–water partition coefficient (Wildman–Crippen LogP) is 1.47. The average molecular weight is 355 g/mol. The highest BCUT2D eigenvalue weighted by atomic mass is 16.5. The second-order valence-corrected chi connectivity index (χ2v) is 6.01. The molecule has 0 unspecified atom stereocenters. The van der Waals surface area contributed by atoms with Crippen molar-refractivity contribution in [3.05, 3.63) is 42.0 Å². The van der Waals surface area contributed by atoms with Gasteiger partial charge in [0.25, 0.3) is 5.91 Å². The molecule has 1 amide bonds. The van der Waals surface area contributed by atoms with Crippen molar-refractivity contribution in [2.45, 2.75) is 26.5 Å². The SMILES string of the molecule is CNCc1cnc2c(C(=O)Nc3cnccc3OC(C)C)c(N)nn2c1. The van der Waals surface area contributed by atoms with E-state index >= 15 is 0 Å². The highest BCUT2D eigenvalue weighted by Gasteiger charge is 2.21. The van der Waals surface area contributed by atoms with Gasteiger partial charge in [-0.2, -0.15) is 0 Å². The summed E-state index contributed by atoms with van der Waals surface area (Å²) in [6.45, 7) is 4.44. The average Bonchev–Trinajstić information content (AvgIpc) is 2.91. The second kappa shape index (κ2) is 7.36. The van der Waals surface area contributed by atoms with Crippen molar-refractivity contribution in [2.24, 2.45) is 0 Å². The number of nitrogen functional groups attached to an aromatic ring is 1. The van der Waals surface area contributed by atoms with Gasteiger partial charge in [0.15, 0.2) is 11.5 Å². The van der Waals surface area contributed by atoms with Crippen LogP contribution in [0.5, 0.6) is 5.75 Å². The summed E-state index contributed by atoms with van der Waals surface area (Å²) < 4.78 is 7.20. The molecular weight excluding hydrogens is 334 g/mol. The molecule has 0 aliphatic carbocycles. The molecule has 136 valence electrons. The van der Waals surface area contributed by atoms with E-state index in [4.69, 9.17) is 10.5 Å². The Labute approximate surface area is 150 Å². The number of hydrogen-bond donors (Lipinski definition) is 3. The van der Waals surface area contributed by atoms with Crippen molar-refractivity contribution in [3.8, 4) is 5.75 Å². The molecule has 26 heavy (non-hydrogen) atoms. The molecule has 0 bridgehead atoms. The molecule has 0 atom stereocenters. The number of aromatic nitrogens is 4. The minimum absolute atomic E-state index is 0.0395. The molecule has 3 rings (SSSR count). The van der Waals surface area contributed by atoms with Gasteiger partial charge >= 0.3 is 0 Å². The topological polar surface area (TPSA) is 119 Å². The van der Waals surface area contributed by atoms with E-state index in [1.54, 1.807) is 24.7 Å². The lowest BCUT2D eigenvalue weighted by Crippen LogP contribution is -2.16. The molecule has 4 N–H and O–H groups in total. The summed E-state index contributed by atoms with van der Waals surface area (Å²) in [5.41, 5.74) is 7.93. The van der Waals surface area contributed by atoms with E-state index in [9.17, 15) is 4.79 Å². The number of nitrogens with two attached hydrogens (primary N) is 1. The molecule has 0 saturated carbocycles. The molecule has 0 radical (unpaired) electrons. The number of hydrogen-bond acceptors (Lipinski definition) is 7. The highest BCUT2D eigenvalue weighted by Crippen LogP contribution is 2.26. The van der Waals surface area contributed by atoms with Gasteiger partial charge in [-0.1, -0.05) is 0 Å². The van der Waals surface area contributed by atoms with E-state index in [2.05, 4.69) is 25.7 Å². The van der Waals surface area contributed by atoms with Crippen LogP contribution in [0.15, 0.2) is 30.9 Å². The van der Waals surface area contributed by atoms with Crippen LogP contribution in [0.25, 0.3) is 5.65 Å². The number of carbonyl (C=O) groups is 1. The van der Waals surface area contributed by atoms with Gasteiger partial charge in [0, 0.05) is 36.8 Å². The van der Waals surface area contributed by atoms with Gasteiger partial charge in [-0.05, 0) is 20.9 Å². The zero-order valence-corrected chi connectivity index (χ0v) is 14.9. The quantitative estimate of drug-likeness (QED) is 0.612. The van der Waals surface area contributed by atoms with Crippen molar-refractivity contribution in [2.75, 3.05) is 18.1 Å². The van der Waals surface area contributed by atoms with E-state index in [0.717, 1.165) is 5.56 Å². The summed E-state index contributed by atoms with van der Waals surface area (Å²) in [4.78, 5) is 21.1. The Balaban J connectivity index is 1.92. The normalized spacial score (nSPS) is 11.1. The minimum Gasteiger partial charge on any atom is -0.489 e. The molecule has 9 heteroatoms. The Kier molecular flexibility index (Phi) is 4.99. The van der Waals surface area contributed by atoms with Crippen LogP contribution in [0.2, 0.25) is 0 Å². The minimum atomic E-state index is -0.423. The number of nitrogens with one attached hydrogen (secondary N) is 2. The Morgan fingerprint density at radius 1 is 1.38 bits per heavy atom. The van der Waals surface area contributed by atoms with E-state index in [1.165, 1.54) is 10.7 Å². The Bertz CT molecular complexity index is 936. The van der Waals surface area contributed by atoms with Crippen molar-refractivity contribution in [1.82, 2.24) is 24.9 Å². The van der Waals surface area contributed by atoms with Crippen LogP contribution >= 0.6 is 0 Å². The zero-order valence-electron chi connectivity index (χ0n) is 14.9. The molecule has 0 aliphatic heterocycles. The van der Waals surface area contributed by atoms with Crippen LogP contribution in [0.1, 0.15) is 29.8 Å². The zero-order chi connectivity index (χ0) is 18.7. The lowest BCUT2D eigenvalue weighted by atomic mass is 10.2. The summed E-state index contributed by atoms with van der Waals surface area (Å²) in [5.74, 6) is 0.211. The van der Waals surface area contributed by atoms with E-state index in [-0.39, 0.29) is 17.5 Å². The van der Waals surface area contributed by atoms with E-state index in [1.807, 2.05) is 20.9 Å². The Morgan fingerprint density at radius 3 is 2.92 bits per heavy atom. The predicted molar refractivity (Wildman–Crippen MR) is 98.1 cm³/mol. The molecule has 0 spiro atoms. The fourth-order valence-corrected chi connectivity index (χ4v) is 2.52. The lowest BCUT2D eigenvalue weighted by Gasteiger charge is -2.14. The highest BCUT2D eigenvalue weighted by molar-refractivity contribution is 6.11. The van der Waals surface area contributed by atoms with Gasteiger partial charge in [-0.3, -0.25) is 9.78 Å². The van der Waals surface area contributed by atoms with Crippen molar-refractivity contribution < 1.29 is 9.53 Å². The summed E-state index contributed by atoms with van der Waals surface area (Å²) >= 11 is 0. The summed E-state index contributed by atoms with van der Waals surface area (Å²) in [6.07, 6.45) is 6.55. The number of ether oxygens (including phenoxy) is 1. The van der Waals surface area contributed by atoms with Crippen LogP contribution in [-0.2, 0) is 6.54 Å². The molecule has 9 nitrogen and oxygen atoms in total. The molecule has 0 aromatic carbocycles. The standard InChI is InChI=1S/C17H21N7O2/c1-10(2)26-13-4-5-20-8-12(13)22-17(25)14-15(18)23-24-9-11(6-19-3)7-21-16(14)24/h4-5,7-10,19H,6H2,1-3H3,(H2,18,23)(H,22,25). The van der Waals surface area contributed by atoms with Crippen LogP contribution < -0.4 is 21.1 Å². The largest absolute Gasteiger partial charge is 0.489 e. The van der Waals surface area contributed by atoms with Gasteiger partial charge in [0.1, 0.15) is 17.0 Å². The number of nitrogens with zero attached hydrogens (tertiary/aromatic N) is 4. The van der Waals surface area contributed by atoms with Crippen molar-refractivity contribution in [3.63, 3.8) is 0 Å². The van der Waals surface area contributed by atoms with Gasteiger partial charge in [-0.25, -0.2) is 9.50 Å². The lowest BCUT2D eigenvalue weighted by molar-refractivity contribution is 0.102. The van der Waals surface area contributed by atoms with Gasteiger partial charge in [0.05, 0.1) is 12.3 Å². The molecule has 3 aromatic heterocycles. The van der Waals surface area contributed by atoms with Crippen molar-refractivity contribution >= 4 is 23.1 Å². The summed E-state index contributed by atoms with van der Waals surface area (Å²) in [7, 11) is 1.84. The third-order valence-electron chi connectivity index (χ3n) is 3.55. The summed E-state index contributed by atoms with van der Waals surface area (Å²) in [6, 6.07) is 1.69. The second-order valence-electron chi connectivity index (χ2n) is 6.01. The first-order valence-corrected chi connectivity index (χ1v) is 8.19. The van der Waals surface area contributed by atoms with Crippen LogP contribution in [0.4, 0.5) is 11.5 Å². The first-order chi connectivity index (χ1) is 12.5. The Morgan fingerprint density at radius 2 is 2.19 bits per heavy atom. The van der Waals surface area contributed by atoms with Gasteiger partial charge < -0.3 is 21.1 Å². The number of fused-ring (bicyclic) bond motifs is 1. The monoisotopic (exact) mass is 355 g/mol. The molecule has 3 aromatic rings. The van der Waals surface area contributed by atoms with E-state index in [0.29, 0.717) is 23.6 Å². The van der Waals surface area contributed by atoms with Crippen LogP contribution in [0, 0.1) is 0 Å². The molecule has 0 aliphatic rings. The number of pyridine rings is 1. The summed E-state index contributed by atoms with van der Waals surface area (Å²) in [5, 5.41) is 10.00. The number of carbonyl (C=O) groups excluding carboxylic acids is 1. The van der Waals surface area contributed by atoms with Crippen molar-refractivity contribution in [1.29, 1.82) is 0 Å². The molecular formula is C17H21N7O2. The third kappa shape index (κ3) is 3.57. The first kappa shape index (κ1) is 17.6. The number of rotatable bonds is 6. The maximum Gasteiger partial charge on any atom is 0.263 e. The number of anilines is 2. The molecule has 3 heterocycles. The Hall–Kier alpha value is -3.20. The maximum atomic E-state index is 12.8. The van der Waals surface area contributed by atoms with Crippen LogP contribution in [0.3, 0.4) is 0 Å². The fourth-order valence-electron chi connectivity index (χ4n) is 2.52. The molecule has 0 fully saturated rings. The maximum absolute atomic E-state index is 12.8. The van der Waals surface area contributed by atoms with Gasteiger partial charge in [0.2, 0.25) is 0 Å². The molecule has 0 saturated heterocycles. The number of amides is 1. The first-order valence-electron chi connectivity index (χ1n) is 8.19. The van der Waals surface area contributed by atoms with Gasteiger partial charge in [-0.15, -0.1) is 5.10 Å². The fraction of sp³-hybridized carbons (Fsp3) is 0.294. The smallest absolute Gasteiger partial charge is 0.263 e. The van der Waals surface area contributed by atoms with E-state index < -0.39 is 5.91 Å². The van der Waals surface area contributed by atoms with Crippen LogP contribution in [-0.4, -0.2) is 38.6 Å².